The maximum atomic E-state index is 13.0. The van der Waals surface area contributed by atoms with Gasteiger partial charge in [-0.1, -0.05) is 12.1 Å². The Morgan fingerprint density at radius 2 is 1.44 bits per heavy atom. The van der Waals surface area contributed by atoms with Crippen molar-refractivity contribution in [2.45, 2.75) is 35.6 Å². The average Bonchev–Trinajstić information content (AvgIpc) is 3.10. The van der Waals surface area contributed by atoms with Crippen molar-refractivity contribution in [3.8, 4) is 0 Å². The van der Waals surface area contributed by atoms with Crippen molar-refractivity contribution in [2.24, 2.45) is 0 Å². The van der Waals surface area contributed by atoms with Crippen molar-refractivity contribution in [1.82, 2.24) is 13.9 Å². The third-order valence-electron chi connectivity index (χ3n) is 4.48. The largest absolute Gasteiger partial charge is 0.312 e. The van der Waals surface area contributed by atoms with Crippen LogP contribution in [0.1, 0.15) is 19.8 Å². The Balaban J connectivity index is 0.00000225. The van der Waals surface area contributed by atoms with Gasteiger partial charge in [0.15, 0.2) is 0 Å². The van der Waals surface area contributed by atoms with Gasteiger partial charge in [-0.25, -0.2) is 16.8 Å². The number of piperazine rings is 1. The van der Waals surface area contributed by atoms with Gasteiger partial charge in [-0.3, -0.25) is 0 Å². The molecule has 2 heterocycles. The molecule has 142 valence electrons. The standard InChI is InChI=1S/C15H23N3O4S2.ClH/c1-13-12-18(11-8-16-13)24(21,22)15-7-3-2-6-14(15)23(19,20)17-9-4-5-10-17;/h2-3,6-7,13,16H,4-5,8-12H2,1H3;1H. The van der Waals surface area contributed by atoms with Crippen molar-refractivity contribution in [3.63, 3.8) is 0 Å². The Morgan fingerprint density at radius 1 is 0.920 bits per heavy atom. The van der Waals surface area contributed by atoms with Crippen molar-refractivity contribution in [3.05, 3.63) is 24.3 Å². The smallest absolute Gasteiger partial charge is 0.244 e. The molecule has 7 nitrogen and oxygen atoms in total. The number of nitrogens with one attached hydrogen (secondary N) is 1. The topological polar surface area (TPSA) is 86.8 Å². The Labute approximate surface area is 155 Å². The second-order valence-corrected chi connectivity index (χ2v) is 10.1. The molecule has 3 rings (SSSR count). The SMILES string of the molecule is CC1CN(S(=O)(=O)c2ccccc2S(=O)(=O)N2CCCC2)CCN1.Cl. The summed E-state index contributed by atoms with van der Waals surface area (Å²) in [5.41, 5.74) is 0. The second kappa shape index (κ2) is 7.89. The van der Waals surface area contributed by atoms with E-state index in [1.54, 1.807) is 12.1 Å². The molecule has 0 aliphatic carbocycles. The summed E-state index contributed by atoms with van der Waals surface area (Å²) >= 11 is 0. The molecule has 2 saturated heterocycles. The van der Waals surface area contributed by atoms with Gasteiger partial charge in [0, 0.05) is 38.8 Å². The molecule has 0 bridgehead atoms. The second-order valence-electron chi connectivity index (χ2n) is 6.28. The lowest BCUT2D eigenvalue weighted by atomic mass is 10.3. The Hall–Kier alpha value is -0.710. The fraction of sp³-hybridized carbons (Fsp3) is 0.600. The zero-order valence-electron chi connectivity index (χ0n) is 14.1. The van der Waals surface area contributed by atoms with Gasteiger partial charge < -0.3 is 5.32 Å². The van der Waals surface area contributed by atoms with E-state index in [-0.39, 0.29) is 28.2 Å². The monoisotopic (exact) mass is 409 g/mol. The van der Waals surface area contributed by atoms with E-state index in [9.17, 15) is 16.8 Å². The lowest BCUT2D eigenvalue weighted by molar-refractivity contribution is 0.309. The highest BCUT2D eigenvalue weighted by atomic mass is 35.5. The molecule has 1 N–H and O–H groups in total. The summed E-state index contributed by atoms with van der Waals surface area (Å²) in [5.74, 6) is 0. The zero-order valence-corrected chi connectivity index (χ0v) is 16.5. The summed E-state index contributed by atoms with van der Waals surface area (Å²) in [6.45, 7) is 4.03. The third-order valence-corrected chi connectivity index (χ3v) is 8.49. The molecule has 0 amide bonds. The number of nitrogens with zero attached hydrogens (tertiary/aromatic N) is 2. The molecular weight excluding hydrogens is 386 g/mol. The number of hydrogen-bond acceptors (Lipinski definition) is 5. The first-order valence-electron chi connectivity index (χ1n) is 8.16. The molecule has 1 atom stereocenters. The molecule has 2 aliphatic heterocycles. The quantitative estimate of drug-likeness (QED) is 0.797. The number of benzene rings is 1. The van der Waals surface area contributed by atoms with Gasteiger partial charge in [0.1, 0.15) is 9.79 Å². The maximum absolute atomic E-state index is 13.0. The molecule has 0 saturated carbocycles. The maximum Gasteiger partial charge on any atom is 0.244 e. The molecule has 10 heteroatoms. The summed E-state index contributed by atoms with van der Waals surface area (Å²) in [6, 6.07) is 5.97. The molecule has 0 aromatic heterocycles. The van der Waals surface area contributed by atoms with Gasteiger partial charge in [0.2, 0.25) is 20.0 Å². The lowest BCUT2D eigenvalue weighted by Gasteiger charge is -2.31. The van der Waals surface area contributed by atoms with Gasteiger partial charge in [-0.05, 0) is 31.9 Å². The molecular formula is C15H24ClN3O4S2. The summed E-state index contributed by atoms with van der Waals surface area (Å²) in [4.78, 5) is -0.232. The molecule has 0 radical (unpaired) electrons. The first kappa shape index (κ1) is 20.6. The van der Waals surface area contributed by atoms with Gasteiger partial charge in [-0.2, -0.15) is 8.61 Å². The van der Waals surface area contributed by atoms with Crippen molar-refractivity contribution in [2.75, 3.05) is 32.7 Å². The zero-order chi connectivity index (χ0) is 17.4. The van der Waals surface area contributed by atoms with Crippen LogP contribution in [0.3, 0.4) is 0 Å². The van der Waals surface area contributed by atoms with Crippen LogP contribution in [-0.4, -0.2) is 64.2 Å². The molecule has 2 fully saturated rings. The third kappa shape index (κ3) is 4.01. The van der Waals surface area contributed by atoms with Crippen molar-refractivity contribution in [1.29, 1.82) is 0 Å². The predicted octanol–water partition coefficient (Wildman–Crippen LogP) is 0.875. The first-order valence-corrected chi connectivity index (χ1v) is 11.0. The number of hydrogen-bond donors (Lipinski definition) is 1. The number of halogens is 1. The Kier molecular flexibility index (Phi) is 6.50. The molecule has 1 unspecified atom stereocenters. The van der Waals surface area contributed by atoms with Crippen LogP contribution >= 0.6 is 12.4 Å². The van der Waals surface area contributed by atoms with E-state index in [0.717, 1.165) is 12.8 Å². The van der Waals surface area contributed by atoms with Crippen LogP contribution in [0.25, 0.3) is 0 Å². The normalized spacial score (nSPS) is 23.3. The summed E-state index contributed by atoms with van der Waals surface area (Å²) in [6.07, 6.45) is 1.62. The highest BCUT2D eigenvalue weighted by Gasteiger charge is 2.36. The van der Waals surface area contributed by atoms with E-state index in [1.165, 1.54) is 20.7 Å². The van der Waals surface area contributed by atoms with E-state index < -0.39 is 20.0 Å². The van der Waals surface area contributed by atoms with Crippen LogP contribution in [0, 0.1) is 0 Å². The fourth-order valence-corrected chi connectivity index (χ4v) is 7.02. The fourth-order valence-electron chi connectivity index (χ4n) is 3.20. The van der Waals surface area contributed by atoms with E-state index in [1.807, 2.05) is 6.92 Å². The molecule has 1 aromatic carbocycles. The van der Waals surface area contributed by atoms with Gasteiger partial charge >= 0.3 is 0 Å². The van der Waals surface area contributed by atoms with Gasteiger partial charge in [-0.15, -0.1) is 12.4 Å². The summed E-state index contributed by atoms with van der Waals surface area (Å²) in [7, 11) is -7.64. The minimum absolute atomic E-state index is 0. The van der Waals surface area contributed by atoms with Crippen LogP contribution in [0.2, 0.25) is 0 Å². The molecule has 1 aromatic rings. The molecule has 0 spiro atoms. The highest BCUT2D eigenvalue weighted by Crippen LogP contribution is 2.29. The predicted molar refractivity (Wildman–Crippen MR) is 97.9 cm³/mol. The van der Waals surface area contributed by atoms with Gasteiger partial charge in [0.05, 0.1) is 0 Å². The van der Waals surface area contributed by atoms with E-state index in [0.29, 0.717) is 32.7 Å². The Morgan fingerprint density at radius 3 is 1.96 bits per heavy atom. The van der Waals surface area contributed by atoms with Crippen LogP contribution in [0.5, 0.6) is 0 Å². The number of rotatable bonds is 4. The lowest BCUT2D eigenvalue weighted by Crippen LogP contribution is -2.51. The van der Waals surface area contributed by atoms with E-state index in [4.69, 9.17) is 0 Å². The van der Waals surface area contributed by atoms with Gasteiger partial charge in [0.25, 0.3) is 0 Å². The van der Waals surface area contributed by atoms with Crippen molar-refractivity contribution >= 4 is 32.5 Å². The summed E-state index contributed by atoms with van der Waals surface area (Å²) < 4.78 is 54.6. The van der Waals surface area contributed by atoms with Crippen LogP contribution in [-0.2, 0) is 20.0 Å². The van der Waals surface area contributed by atoms with Crippen molar-refractivity contribution < 1.29 is 16.8 Å². The van der Waals surface area contributed by atoms with Crippen LogP contribution in [0.4, 0.5) is 0 Å². The first-order chi connectivity index (χ1) is 11.3. The molecule has 25 heavy (non-hydrogen) atoms. The summed E-state index contributed by atoms with van der Waals surface area (Å²) in [5, 5.41) is 3.19. The highest BCUT2D eigenvalue weighted by molar-refractivity contribution is 7.92. The molecule has 2 aliphatic rings. The minimum Gasteiger partial charge on any atom is -0.312 e. The minimum atomic E-state index is -3.85. The van der Waals surface area contributed by atoms with Crippen LogP contribution in [0.15, 0.2) is 34.1 Å². The Bertz CT molecular complexity index is 808. The van der Waals surface area contributed by atoms with E-state index >= 15 is 0 Å². The van der Waals surface area contributed by atoms with Crippen LogP contribution < -0.4 is 5.32 Å². The average molecular weight is 410 g/mol. The van der Waals surface area contributed by atoms with E-state index in [2.05, 4.69) is 5.32 Å². The number of sulfonamides is 2.